The van der Waals surface area contributed by atoms with Gasteiger partial charge in [0.1, 0.15) is 24.7 Å². The molecule has 1 unspecified atom stereocenters. The van der Waals surface area contributed by atoms with Crippen LogP contribution in [0.25, 0.3) is 0 Å². The Hall–Kier alpha value is -2.24. The van der Waals surface area contributed by atoms with Crippen molar-refractivity contribution >= 4 is 17.6 Å². The smallest absolute Gasteiger partial charge is 0.309 e. The van der Waals surface area contributed by atoms with Crippen molar-refractivity contribution in [1.29, 1.82) is 0 Å². The Morgan fingerprint density at radius 2 is 2.15 bits per heavy atom. The second kappa shape index (κ2) is 7.41. The molecule has 2 heterocycles. The van der Waals surface area contributed by atoms with Crippen molar-refractivity contribution in [3.8, 4) is 11.5 Å². The average Bonchev–Trinajstić information content (AvgIpc) is 2.59. The van der Waals surface area contributed by atoms with Gasteiger partial charge in [0.25, 0.3) is 0 Å². The number of hydrogen-bond donors (Lipinski definition) is 1. The first kappa shape index (κ1) is 18.1. The van der Waals surface area contributed by atoms with Crippen LogP contribution in [0.3, 0.4) is 0 Å². The third-order valence-electron chi connectivity index (χ3n) is 5.44. The first-order valence-corrected chi connectivity index (χ1v) is 9.48. The van der Waals surface area contributed by atoms with E-state index < -0.39 is 5.97 Å². The topological polar surface area (TPSA) is 59.0 Å². The maximum atomic E-state index is 11.0. The van der Waals surface area contributed by atoms with Gasteiger partial charge in [-0.15, -0.1) is 0 Å². The predicted molar refractivity (Wildman–Crippen MR) is 103 cm³/mol. The zero-order valence-corrected chi connectivity index (χ0v) is 15.9. The van der Waals surface area contributed by atoms with Gasteiger partial charge in [0.2, 0.25) is 0 Å². The minimum absolute atomic E-state index is 0.240. The molecule has 0 spiro atoms. The summed E-state index contributed by atoms with van der Waals surface area (Å²) < 4.78 is 11.9. The molecule has 27 heavy (non-hydrogen) atoms. The first-order valence-electron chi connectivity index (χ1n) is 9.10. The number of hydrogen-bond acceptors (Lipinski definition) is 4. The van der Waals surface area contributed by atoms with Crippen molar-refractivity contribution in [2.24, 2.45) is 5.92 Å². The zero-order valence-electron chi connectivity index (χ0n) is 15.2. The minimum atomic E-state index is -0.709. The van der Waals surface area contributed by atoms with E-state index in [2.05, 4.69) is 4.90 Å². The molecule has 1 fully saturated rings. The van der Waals surface area contributed by atoms with E-state index in [0.29, 0.717) is 31.3 Å². The molecule has 142 valence electrons. The van der Waals surface area contributed by atoms with Crippen LogP contribution in [0.15, 0.2) is 36.4 Å². The SMILES string of the molecule is Cc1cccc(Cl)c1COc1ccc2c(c1)OCC(N1CC(C(=O)O)C1)C2. The molecular weight excluding hydrogens is 366 g/mol. The summed E-state index contributed by atoms with van der Waals surface area (Å²) in [6.45, 7) is 4.23. The predicted octanol–water partition coefficient (Wildman–Crippen LogP) is 3.55. The summed E-state index contributed by atoms with van der Waals surface area (Å²) in [7, 11) is 0. The summed E-state index contributed by atoms with van der Waals surface area (Å²) >= 11 is 6.26. The van der Waals surface area contributed by atoms with Crippen molar-refractivity contribution in [3.63, 3.8) is 0 Å². The number of likely N-dealkylation sites (tertiary alicyclic amines) is 1. The van der Waals surface area contributed by atoms with Crippen molar-refractivity contribution < 1.29 is 19.4 Å². The molecule has 1 atom stereocenters. The molecule has 0 aromatic heterocycles. The number of halogens is 1. The maximum Gasteiger partial charge on any atom is 0.309 e. The fraction of sp³-hybridized carbons (Fsp3) is 0.381. The molecule has 0 aliphatic carbocycles. The summed E-state index contributed by atoms with van der Waals surface area (Å²) in [5.74, 6) is 0.644. The van der Waals surface area contributed by atoms with E-state index >= 15 is 0 Å². The van der Waals surface area contributed by atoms with E-state index in [1.165, 1.54) is 0 Å². The van der Waals surface area contributed by atoms with Gasteiger partial charge in [0.15, 0.2) is 0 Å². The van der Waals surface area contributed by atoms with Gasteiger partial charge < -0.3 is 14.6 Å². The highest BCUT2D eigenvalue weighted by molar-refractivity contribution is 6.31. The van der Waals surface area contributed by atoms with Crippen LogP contribution < -0.4 is 9.47 Å². The average molecular weight is 388 g/mol. The molecule has 0 amide bonds. The molecule has 2 aromatic rings. The van der Waals surface area contributed by atoms with Crippen LogP contribution in [-0.2, 0) is 17.8 Å². The van der Waals surface area contributed by atoms with Gasteiger partial charge in [-0.3, -0.25) is 9.69 Å². The molecule has 1 saturated heterocycles. The molecule has 1 N–H and O–H groups in total. The molecule has 5 nitrogen and oxygen atoms in total. The zero-order chi connectivity index (χ0) is 19.0. The van der Waals surface area contributed by atoms with Gasteiger partial charge in [-0.2, -0.15) is 0 Å². The largest absolute Gasteiger partial charge is 0.492 e. The maximum absolute atomic E-state index is 11.0. The van der Waals surface area contributed by atoms with E-state index in [4.69, 9.17) is 26.2 Å². The van der Waals surface area contributed by atoms with Crippen LogP contribution in [0.1, 0.15) is 16.7 Å². The number of ether oxygens (including phenoxy) is 2. The van der Waals surface area contributed by atoms with Crippen LogP contribution in [0.5, 0.6) is 11.5 Å². The highest BCUT2D eigenvalue weighted by atomic mass is 35.5. The summed E-state index contributed by atoms with van der Waals surface area (Å²) in [5, 5.41) is 9.73. The summed E-state index contributed by atoms with van der Waals surface area (Å²) in [6, 6.07) is 12.0. The number of aryl methyl sites for hydroxylation is 1. The number of benzene rings is 2. The van der Waals surface area contributed by atoms with Gasteiger partial charge in [-0.1, -0.05) is 29.8 Å². The number of rotatable bonds is 5. The summed E-state index contributed by atoms with van der Waals surface area (Å²) in [6.07, 6.45) is 0.867. The lowest BCUT2D eigenvalue weighted by molar-refractivity contribution is -0.149. The lowest BCUT2D eigenvalue weighted by atomic mass is 9.93. The van der Waals surface area contributed by atoms with Crippen molar-refractivity contribution in [3.05, 3.63) is 58.1 Å². The number of aliphatic carboxylic acids is 1. The minimum Gasteiger partial charge on any atom is -0.492 e. The van der Waals surface area contributed by atoms with E-state index in [-0.39, 0.29) is 12.0 Å². The number of fused-ring (bicyclic) bond motifs is 1. The molecule has 0 bridgehead atoms. The van der Waals surface area contributed by atoms with E-state index in [1.54, 1.807) is 0 Å². The van der Waals surface area contributed by atoms with Crippen LogP contribution in [-0.4, -0.2) is 41.7 Å². The molecule has 0 saturated carbocycles. The van der Waals surface area contributed by atoms with Crippen LogP contribution in [0.4, 0.5) is 0 Å². The molecular formula is C21H22ClNO4. The van der Waals surface area contributed by atoms with Gasteiger partial charge in [0.05, 0.1) is 5.92 Å². The Kier molecular flexibility index (Phi) is 4.98. The third kappa shape index (κ3) is 3.75. The fourth-order valence-corrected chi connectivity index (χ4v) is 3.91. The Morgan fingerprint density at radius 3 is 2.89 bits per heavy atom. The van der Waals surface area contributed by atoms with E-state index in [1.807, 2.05) is 43.3 Å². The second-order valence-electron chi connectivity index (χ2n) is 7.25. The van der Waals surface area contributed by atoms with Crippen molar-refractivity contribution in [2.45, 2.75) is 26.0 Å². The Morgan fingerprint density at radius 1 is 1.33 bits per heavy atom. The molecule has 2 aliphatic heterocycles. The highest BCUT2D eigenvalue weighted by Gasteiger charge is 2.38. The van der Waals surface area contributed by atoms with Crippen LogP contribution in [0, 0.1) is 12.8 Å². The molecule has 2 aliphatic rings. The number of carboxylic acids is 1. The number of carboxylic acid groups (broad SMARTS) is 1. The molecule has 2 aromatic carbocycles. The Labute approximate surface area is 163 Å². The van der Waals surface area contributed by atoms with E-state index in [9.17, 15) is 4.79 Å². The summed E-state index contributed by atoms with van der Waals surface area (Å²) in [5.41, 5.74) is 3.23. The lowest BCUT2D eigenvalue weighted by Crippen LogP contribution is -2.57. The van der Waals surface area contributed by atoms with Gasteiger partial charge in [0, 0.05) is 35.8 Å². The molecule has 6 heteroatoms. The van der Waals surface area contributed by atoms with E-state index in [0.717, 1.165) is 34.6 Å². The van der Waals surface area contributed by atoms with Crippen molar-refractivity contribution in [2.75, 3.05) is 19.7 Å². The number of carbonyl (C=O) groups is 1. The standard InChI is InChI=1S/C21H22ClNO4/c1-13-3-2-4-19(22)18(13)12-26-17-6-5-14-7-16(11-27-20(14)8-17)23-9-15(10-23)21(24)25/h2-6,8,15-16H,7,9-12H2,1H3,(H,24,25). The quantitative estimate of drug-likeness (QED) is 0.850. The monoisotopic (exact) mass is 387 g/mol. The first-order chi connectivity index (χ1) is 13.0. The fourth-order valence-electron chi connectivity index (χ4n) is 3.63. The van der Waals surface area contributed by atoms with Gasteiger partial charge in [-0.25, -0.2) is 0 Å². The van der Waals surface area contributed by atoms with Gasteiger partial charge in [-0.05, 0) is 36.6 Å². The molecule has 4 rings (SSSR count). The summed E-state index contributed by atoms with van der Waals surface area (Å²) in [4.78, 5) is 13.2. The van der Waals surface area contributed by atoms with Gasteiger partial charge >= 0.3 is 5.97 Å². The third-order valence-corrected chi connectivity index (χ3v) is 5.79. The molecule has 0 radical (unpaired) electrons. The Bertz CT molecular complexity index is 843. The van der Waals surface area contributed by atoms with Crippen LogP contribution in [0.2, 0.25) is 5.02 Å². The van der Waals surface area contributed by atoms with Crippen molar-refractivity contribution in [1.82, 2.24) is 4.90 Å². The number of nitrogens with zero attached hydrogens (tertiary/aromatic N) is 1. The highest BCUT2D eigenvalue weighted by Crippen LogP contribution is 2.33. The Balaban J connectivity index is 1.38. The normalized spacial score (nSPS) is 19.7. The lowest BCUT2D eigenvalue weighted by Gasteiger charge is -2.43. The van der Waals surface area contributed by atoms with Crippen LogP contribution >= 0.6 is 11.6 Å². The second-order valence-corrected chi connectivity index (χ2v) is 7.66.